The molecular weight excluding hydrogens is 312 g/mol. The summed E-state index contributed by atoms with van der Waals surface area (Å²) >= 11 is 0. The van der Waals surface area contributed by atoms with Gasteiger partial charge in [-0.3, -0.25) is 15.3 Å². The minimum atomic E-state index is -1.71. The highest BCUT2D eigenvalue weighted by Crippen LogP contribution is 2.23. The highest BCUT2D eigenvalue weighted by atomic mass is 16.6. The number of ether oxygens (including phenoxy) is 1. The molecule has 0 spiro atoms. The lowest BCUT2D eigenvalue weighted by Gasteiger charge is -2.37. The number of carbonyl (C=O) groups is 2. The van der Waals surface area contributed by atoms with Crippen molar-refractivity contribution in [2.45, 2.75) is 91.0 Å². The van der Waals surface area contributed by atoms with E-state index in [1.54, 1.807) is 6.92 Å². The van der Waals surface area contributed by atoms with Crippen LogP contribution in [-0.4, -0.2) is 51.7 Å². The van der Waals surface area contributed by atoms with Gasteiger partial charge in [0.05, 0.1) is 6.04 Å². The van der Waals surface area contributed by atoms with Gasteiger partial charge >= 0.3 is 5.97 Å². The monoisotopic (exact) mass is 346 g/mol. The van der Waals surface area contributed by atoms with Crippen LogP contribution in [-0.2, 0) is 14.3 Å². The van der Waals surface area contributed by atoms with Crippen LogP contribution in [0.2, 0.25) is 0 Å². The number of carbonyl (C=O) groups excluding carboxylic acids is 1. The standard InChI is InChI=1S/C17H34N2O5/c1-6-8-9-10-11-12-15(20)19(23)13(3)17(5,16(21)22)24-14(4)18-7-2/h13-14,18,23H,6-12H2,1-5H3,(H,21,22). The van der Waals surface area contributed by atoms with Gasteiger partial charge in [0.25, 0.3) is 0 Å². The third kappa shape index (κ3) is 7.15. The van der Waals surface area contributed by atoms with E-state index >= 15 is 0 Å². The molecule has 0 radical (unpaired) electrons. The van der Waals surface area contributed by atoms with Gasteiger partial charge in [-0.15, -0.1) is 0 Å². The Balaban J connectivity index is 4.74. The second-order valence-corrected chi connectivity index (χ2v) is 6.31. The molecule has 0 saturated heterocycles. The van der Waals surface area contributed by atoms with Gasteiger partial charge in [0.2, 0.25) is 5.91 Å². The average molecular weight is 346 g/mol. The summed E-state index contributed by atoms with van der Waals surface area (Å²) in [6, 6.07) is -1.01. The van der Waals surface area contributed by atoms with Crippen molar-refractivity contribution in [2.24, 2.45) is 0 Å². The van der Waals surface area contributed by atoms with E-state index in [1.165, 1.54) is 13.8 Å². The van der Waals surface area contributed by atoms with Gasteiger partial charge in [-0.05, 0) is 33.7 Å². The van der Waals surface area contributed by atoms with Crippen LogP contribution in [0.5, 0.6) is 0 Å². The van der Waals surface area contributed by atoms with Crippen LogP contribution in [0.15, 0.2) is 0 Å². The molecule has 0 aliphatic heterocycles. The topological polar surface area (TPSA) is 99.1 Å². The fraction of sp³-hybridized carbons (Fsp3) is 0.882. The highest BCUT2D eigenvalue weighted by molar-refractivity contribution is 5.80. The SMILES string of the molecule is CCCCCCCC(=O)N(O)C(C)C(C)(OC(C)NCC)C(=O)O. The summed E-state index contributed by atoms with van der Waals surface area (Å²) < 4.78 is 5.57. The number of hydroxylamine groups is 2. The predicted molar refractivity (Wildman–Crippen MR) is 91.7 cm³/mol. The maximum Gasteiger partial charge on any atom is 0.338 e. The van der Waals surface area contributed by atoms with Crippen molar-refractivity contribution in [3.63, 3.8) is 0 Å². The molecule has 3 unspecified atom stereocenters. The number of carboxylic acid groups (broad SMARTS) is 1. The van der Waals surface area contributed by atoms with Crippen LogP contribution in [0.1, 0.15) is 73.1 Å². The van der Waals surface area contributed by atoms with Gasteiger partial charge in [-0.25, -0.2) is 9.86 Å². The summed E-state index contributed by atoms with van der Waals surface area (Å²) in [6.07, 6.45) is 4.59. The Morgan fingerprint density at radius 3 is 2.25 bits per heavy atom. The first-order valence-electron chi connectivity index (χ1n) is 8.86. The van der Waals surface area contributed by atoms with Gasteiger partial charge in [0, 0.05) is 6.42 Å². The van der Waals surface area contributed by atoms with Crippen molar-refractivity contribution in [3.8, 4) is 0 Å². The minimum Gasteiger partial charge on any atom is -0.479 e. The van der Waals surface area contributed by atoms with Crippen LogP contribution < -0.4 is 5.32 Å². The molecule has 7 heteroatoms. The average Bonchev–Trinajstić information content (AvgIpc) is 2.52. The van der Waals surface area contributed by atoms with E-state index in [-0.39, 0.29) is 6.42 Å². The first-order valence-corrected chi connectivity index (χ1v) is 8.86. The largest absolute Gasteiger partial charge is 0.479 e. The summed E-state index contributed by atoms with van der Waals surface area (Å²) in [7, 11) is 0. The Labute approximate surface area is 145 Å². The quantitative estimate of drug-likeness (QED) is 0.205. The Bertz CT molecular complexity index is 391. The van der Waals surface area contributed by atoms with Crippen molar-refractivity contribution in [3.05, 3.63) is 0 Å². The van der Waals surface area contributed by atoms with Crippen LogP contribution in [0.25, 0.3) is 0 Å². The van der Waals surface area contributed by atoms with Gasteiger partial charge in [0.1, 0.15) is 6.23 Å². The molecule has 0 aromatic carbocycles. The van der Waals surface area contributed by atoms with E-state index in [2.05, 4.69) is 12.2 Å². The Hall–Kier alpha value is -1.18. The third-order valence-electron chi connectivity index (χ3n) is 4.25. The van der Waals surface area contributed by atoms with Gasteiger partial charge in [0.15, 0.2) is 5.60 Å². The van der Waals surface area contributed by atoms with Crippen molar-refractivity contribution in [2.75, 3.05) is 6.54 Å². The Morgan fingerprint density at radius 1 is 1.17 bits per heavy atom. The van der Waals surface area contributed by atoms with Crippen molar-refractivity contribution in [1.29, 1.82) is 0 Å². The van der Waals surface area contributed by atoms with Gasteiger partial charge in [-0.2, -0.15) is 0 Å². The summed E-state index contributed by atoms with van der Waals surface area (Å²) in [5.74, 6) is -1.71. The third-order valence-corrected chi connectivity index (χ3v) is 4.25. The van der Waals surface area contributed by atoms with Crippen molar-refractivity contribution < 1.29 is 24.6 Å². The molecular formula is C17H34N2O5. The molecule has 0 heterocycles. The number of carboxylic acids is 1. The number of nitrogens with zero attached hydrogens (tertiary/aromatic N) is 1. The fourth-order valence-electron chi connectivity index (χ4n) is 2.47. The number of hydrogen-bond donors (Lipinski definition) is 3. The molecule has 0 rings (SSSR count). The van der Waals surface area contributed by atoms with Crippen LogP contribution in [0, 0.1) is 0 Å². The Morgan fingerprint density at radius 2 is 1.75 bits per heavy atom. The highest BCUT2D eigenvalue weighted by Gasteiger charge is 2.45. The summed E-state index contributed by atoms with van der Waals surface area (Å²) in [4.78, 5) is 23.8. The molecule has 0 saturated carbocycles. The second kappa shape index (κ2) is 11.4. The van der Waals surface area contributed by atoms with E-state index in [4.69, 9.17) is 4.74 Å². The van der Waals surface area contributed by atoms with Crippen LogP contribution >= 0.6 is 0 Å². The van der Waals surface area contributed by atoms with E-state index in [9.17, 15) is 19.9 Å². The molecule has 0 bridgehead atoms. The van der Waals surface area contributed by atoms with Crippen LogP contribution in [0.3, 0.4) is 0 Å². The van der Waals surface area contributed by atoms with Crippen LogP contribution in [0.4, 0.5) is 0 Å². The number of nitrogens with one attached hydrogen (secondary N) is 1. The maximum atomic E-state index is 12.1. The minimum absolute atomic E-state index is 0.197. The zero-order valence-electron chi connectivity index (χ0n) is 15.7. The lowest BCUT2D eigenvalue weighted by Crippen LogP contribution is -2.58. The molecule has 0 aliphatic rings. The zero-order chi connectivity index (χ0) is 18.8. The predicted octanol–water partition coefficient (Wildman–Crippen LogP) is 2.77. The molecule has 3 N–H and O–H groups in total. The number of amides is 1. The molecule has 0 fully saturated rings. The summed E-state index contributed by atoms with van der Waals surface area (Å²) in [5.41, 5.74) is -1.71. The van der Waals surface area contributed by atoms with Gasteiger partial charge < -0.3 is 9.84 Å². The molecule has 0 aromatic heterocycles. The van der Waals surface area contributed by atoms with Gasteiger partial charge in [-0.1, -0.05) is 39.5 Å². The van der Waals surface area contributed by atoms with E-state index in [0.717, 1.165) is 25.7 Å². The molecule has 0 aromatic rings. The fourth-order valence-corrected chi connectivity index (χ4v) is 2.47. The number of hydrogen-bond acceptors (Lipinski definition) is 5. The van der Waals surface area contributed by atoms with E-state index in [1.807, 2.05) is 6.92 Å². The molecule has 0 aliphatic carbocycles. The molecule has 3 atom stereocenters. The second-order valence-electron chi connectivity index (χ2n) is 6.31. The first kappa shape index (κ1) is 22.8. The summed E-state index contributed by atoms with van der Waals surface area (Å²) in [6.45, 7) is 9.14. The smallest absolute Gasteiger partial charge is 0.338 e. The summed E-state index contributed by atoms with van der Waals surface area (Å²) in [5, 5.41) is 23.1. The van der Waals surface area contributed by atoms with E-state index < -0.39 is 29.7 Å². The number of rotatable bonds is 13. The lowest BCUT2D eigenvalue weighted by molar-refractivity contribution is -0.218. The Kier molecular flexibility index (Phi) is 10.8. The maximum absolute atomic E-state index is 12.1. The van der Waals surface area contributed by atoms with E-state index in [0.29, 0.717) is 18.0 Å². The first-order chi connectivity index (χ1) is 11.2. The molecule has 24 heavy (non-hydrogen) atoms. The molecule has 7 nitrogen and oxygen atoms in total. The molecule has 1 amide bonds. The normalized spacial score (nSPS) is 16.2. The number of aliphatic carboxylic acids is 1. The lowest BCUT2D eigenvalue weighted by atomic mass is 9.96. The van der Waals surface area contributed by atoms with Crippen molar-refractivity contribution in [1.82, 2.24) is 10.4 Å². The van der Waals surface area contributed by atoms with Crippen molar-refractivity contribution >= 4 is 11.9 Å². The number of unbranched alkanes of at least 4 members (excludes halogenated alkanes) is 4. The zero-order valence-corrected chi connectivity index (χ0v) is 15.7. The molecule has 142 valence electrons.